The van der Waals surface area contributed by atoms with Crippen LogP contribution in [0.15, 0.2) is 30.3 Å². The molecule has 0 spiro atoms. The average molecular weight is 507 g/mol. The van der Waals surface area contributed by atoms with Gasteiger partial charge in [0, 0.05) is 0 Å². The quantitative estimate of drug-likeness (QED) is 0.322. The lowest BCUT2D eigenvalue weighted by Gasteiger charge is -2.28. The van der Waals surface area contributed by atoms with E-state index >= 15 is 0 Å². The number of hydrogen-bond acceptors (Lipinski definition) is 6. The van der Waals surface area contributed by atoms with E-state index in [0.717, 1.165) is 5.56 Å². The number of hydrogen-bond donors (Lipinski definition) is 4. The Hall–Kier alpha value is -3.14. The van der Waals surface area contributed by atoms with Crippen LogP contribution in [0.25, 0.3) is 0 Å². The smallest absolute Gasteiger partial charge is 0.408 e. The predicted octanol–water partition coefficient (Wildman–Crippen LogP) is 2.25. The largest absolute Gasteiger partial charge is 0.444 e. The number of primary amides is 1. The van der Waals surface area contributed by atoms with E-state index in [4.69, 9.17) is 15.2 Å². The van der Waals surface area contributed by atoms with Crippen LogP contribution in [0.1, 0.15) is 60.5 Å². The second kappa shape index (κ2) is 14.4. The summed E-state index contributed by atoms with van der Waals surface area (Å²) in [6.07, 6.45) is -0.419. The zero-order valence-corrected chi connectivity index (χ0v) is 22.4. The molecule has 0 aromatic heterocycles. The Bertz CT molecular complexity index is 867. The van der Waals surface area contributed by atoms with Crippen molar-refractivity contribution in [1.29, 1.82) is 0 Å². The number of amides is 4. The van der Waals surface area contributed by atoms with Crippen LogP contribution in [0.5, 0.6) is 0 Å². The average Bonchev–Trinajstić information content (AvgIpc) is 2.74. The highest BCUT2D eigenvalue weighted by Gasteiger charge is 2.32. The standard InChI is InChI=1S/C26H42N4O6/c1-16(2)13-19(22(27)31)28-24(33)21(17(3)4)30-23(32)20(29-25(34)36-26(5,6)7)15-35-14-18-11-9-8-10-12-18/h8-12,16-17,19-21H,13-15H2,1-7H3,(H2,27,31)(H,28,33)(H,29,34)(H,30,32)/t19-,20-,21-/m1/s1. The summed E-state index contributed by atoms with van der Waals surface area (Å²) in [6.45, 7) is 12.5. The Labute approximate surface area is 214 Å². The number of carbonyl (C=O) groups excluding carboxylic acids is 4. The lowest BCUT2D eigenvalue weighted by molar-refractivity contribution is -0.133. The Morgan fingerprint density at radius 1 is 0.889 bits per heavy atom. The molecule has 1 aromatic carbocycles. The van der Waals surface area contributed by atoms with Crippen molar-refractivity contribution in [3.8, 4) is 0 Å². The lowest BCUT2D eigenvalue weighted by atomic mass is 10.00. The number of benzene rings is 1. The van der Waals surface area contributed by atoms with E-state index in [0.29, 0.717) is 6.42 Å². The predicted molar refractivity (Wildman–Crippen MR) is 137 cm³/mol. The molecule has 36 heavy (non-hydrogen) atoms. The number of alkyl carbamates (subject to hydrolysis) is 1. The summed E-state index contributed by atoms with van der Waals surface area (Å²) in [5.41, 5.74) is 5.58. The van der Waals surface area contributed by atoms with Crippen LogP contribution in [-0.4, -0.2) is 54.1 Å². The Morgan fingerprint density at radius 3 is 2.00 bits per heavy atom. The first kappa shape index (κ1) is 30.9. The van der Waals surface area contributed by atoms with Crippen molar-refractivity contribution in [2.75, 3.05) is 6.61 Å². The minimum absolute atomic E-state index is 0.124. The summed E-state index contributed by atoms with van der Waals surface area (Å²) >= 11 is 0. The number of ether oxygens (including phenoxy) is 2. The fourth-order valence-corrected chi connectivity index (χ4v) is 3.27. The molecule has 4 amide bonds. The van der Waals surface area contributed by atoms with E-state index in [1.807, 2.05) is 44.2 Å². The maximum absolute atomic E-state index is 13.2. The molecule has 0 bridgehead atoms. The van der Waals surface area contributed by atoms with Crippen molar-refractivity contribution in [3.05, 3.63) is 35.9 Å². The van der Waals surface area contributed by atoms with Crippen molar-refractivity contribution in [2.24, 2.45) is 17.6 Å². The molecule has 0 saturated carbocycles. The Balaban J connectivity index is 2.96. The molecular weight excluding hydrogens is 464 g/mol. The summed E-state index contributed by atoms with van der Waals surface area (Å²) in [7, 11) is 0. The Morgan fingerprint density at radius 2 is 1.50 bits per heavy atom. The fourth-order valence-electron chi connectivity index (χ4n) is 3.27. The van der Waals surface area contributed by atoms with Gasteiger partial charge >= 0.3 is 6.09 Å². The molecule has 0 unspecified atom stereocenters. The highest BCUT2D eigenvalue weighted by molar-refractivity contribution is 5.93. The van der Waals surface area contributed by atoms with Gasteiger partial charge in [-0.2, -0.15) is 0 Å². The maximum atomic E-state index is 13.2. The van der Waals surface area contributed by atoms with Crippen LogP contribution in [0.4, 0.5) is 4.79 Å². The molecule has 10 heteroatoms. The Kier molecular flexibility index (Phi) is 12.4. The number of carbonyl (C=O) groups is 4. The van der Waals surface area contributed by atoms with Gasteiger partial charge in [-0.25, -0.2) is 4.79 Å². The van der Waals surface area contributed by atoms with Crippen molar-refractivity contribution in [3.63, 3.8) is 0 Å². The van der Waals surface area contributed by atoms with E-state index in [1.54, 1.807) is 34.6 Å². The van der Waals surface area contributed by atoms with Crippen molar-refractivity contribution in [2.45, 2.75) is 85.2 Å². The third-order valence-corrected chi connectivity index (χ3v) is 5.02. The molecular formula is C26H42N4O6. The zero-order valence-electron chi connectivity index (χ0n) is 22.4. The molecule has 10 nitrogen and oxygen atoms in total. The second-order valence-electron chi connectivity index (χ2n) is 10.5. The molecule has 5 N–H and O–H groups in total. The highest BCUT2D eigenvalue weighted by Crippen LogP contribution is 2.10. The van der Waals surface area contributed by atoms with Crippen LogP contribution < -0.4 is 21.7 Å². The highest BCUT2D eigenvalue weighted by atomic mass is 16.6. The van der Waals surface area contributed by atoms with Crippen LogP contribution >= 0.6 is 0 Å². The first-order chi connectivity index (χ1) is 16.7. The second-order valence-corrected chi connectivity index (χ2v) is 10.5. The first-order valence-corrected chi connectivity index (χ1v) is 12.2. The molecule has 0 aliphatic rings. The van der Waals surface area contributed by atoms with Gasteiger partial charge in [0.1, 0.15) is 23.7 Å². The SMILES string of the molecule is CC(C)C[C@@H](NC(=O)[C@H](NC(=O)[C@@H](COCc1ccccc1)NC(=O)OC(C)(C)C)C(C)C)C(N)=O. The van der Waals surface area contributed by atoms with Gasteiger partial charge in [-0.15, -0.1) is 0 Å². The minimum Gasteiger partial charge on any atom is -0.444 e. The summed E-state index contributed by atoms with van der Waals surface area (Å²) in [5.74, 6) is -2.00. The van der Waals surface area contributed by atoms with Gasteiger partial charge in [-0.05, 0) is 44.6 Å². The van der Waals surface area contributed by atoms with Crippen LogP contribution in [0.3, 0.4) is 0 Å². The normalized spacial score (nSPS) is 14.0. The van der Waals surface area contributed by atoms with Gasteiger partial charge in [0.05, 0.1) is 13.2 Å². The van der Waals surface area contributed by atoms with Crippen molar-refractivity contribution >= 4 is 23.8 Å². The van der Waals surface area contributed by atoms with Crippen LogP contribution in [0.2, 0.25) is 0 Å². The van der Waals surface area contributed by atoms with Gasteiger partial charge in [0.25, 0.3) is 0 Å². The third kappa shape index (κ3) is 12.0. The zero-order chi connectivity index (χ0) is 27.5. The molecule has 0 saturated heterocycles. The molecule has 1 aromatic rings. The van der Waals surface area contributed by atoms with E-state index < -0.39 is 47.5 Å². The molecule has 0 aliphatic carbocycles. The van der Waals surface area contributed by atoms with Gasteiger partial charge < -0.3 is 31.2 Å². The molecule has 0 fully saturated rings. The number of nitrogens with one attached hydrogen (secondary N) is 3. The minimum atomic E-state index is -1.12. The molecule has 0 aliphatic heterocycles. The van der Waals surface area contributed by atoms with Gasteiger partial charge in [0.15, 0.2) is 0 Å². The van der Waals surface area contributed by atoms with Crippen molar-refractivity contribution < 1.29 is 28.7 Å². The van der Waals surface area contributed by atoms with E-state index in [9.17, 15) is 19.2 Å². The van der Waals surface area contributed by atoms with Crippen molar-refractivity contribution in [1.82, 2.24) is 16.0 Å². The summed E-state index contributed by atoms with van der Waals surface area (Å²) in [5, 5.41) is 7.84. The number of rotatable bonds is 13. The molecule has 0 radical (unpaired) electrons. The van der Waals surface area contributed by atoms with Gasteiger partial charge in [0.2, 0.25) is 17.7 Å². The maximum Gasteiger partial charge on any atom is 0.408 e. The fraction of sp³-hybridized carbons (Fsp3) is 0.615. The summed E-state index contributed by atoms with van der Waals surface area (Å²) < 4.78 is 11.0. The third-order valence-electron chi connectivity index (χ3n) is 5.02. The number of nitrogens with two attached hydrogens (primary N) is 1. The summed E-state index contributed by atoms with van der Waals surface area (Å²) in [6, 6.07) is 6.41. The molecule has 1 rings (SSSR count). The van der Waals surface area contributed by atoms with E-state index in [1.165, 1.54) is 0 Å². The van der Waals surface area contributed by atoms with E-state index in [2.05, 4.69) is 16.0 Å². The summed E-state index contributed by atoms with van der Waals surface area (Å²) in [4.78, 5) is 50.3. The monoisotopic (exact) mass is 506 g/mol. The molecule has 202 valence electrons. The topological polar surface area (TPSA) is 149 Å². The van der Waals surface area contributed by atoms with Crippen LogP contribution in [0, 0.1) is 11.8 Å². The van der Waals surface area contributed by atoms with E-state index in [-0.39, 0.29) is 25.0 Å². The van der Waals surface area contributed by atoms with Gasteiger partial charge in [-0.1, -0.05) is 58.0 Å². The lowest BCUT2D eigenvalue weighted by Crippen LogP contribution is -2.59. The first-order valence-electron chi connectivity index (χ1n) is 12.2. The molecule has 0 heterocycles. The van der Waals surface area contributed by atoms with Crippen LogP contribution in [-0.2, 0) is 30.5 Å². The van der Waals surface area contributed by atoms with Gasteiger partial charge in [-0.3, -0.25) is 14.4 Å². The molecule has 3 atom stereocenters.